The summed E-state index contributed by atoms with van der Waals surface area (Å²) in [5, 5.41) is 4.41. The molecule has 7 nitrogen and oxygen atoms in total. The average Bonchev–Trinajstić information content (AvgIpc) is 3.25. The van der Waals surface area contributed by atoms with E-state index in [1.807, 2.05) is 24.3 Å². The van der Waals surface area contributed by atoms with Gasteiger partial charge >= 0.3 is 6.18 Å². The minimum atomic E-state index is -4.77. The Morgan fingerprint density at radius 1 is 1.03 bits per heavy atom. The number of carbonyl (C=O) groups is 1. The highest BCUT2D eigenvalue weighted by atomic mass is 35.5. The van der Waals surface area contributed by atoms with E-state index in [9.17, 15) is 18.0 Å². The molecule has 1 saturated heterocycles. The van der Waals surface area contributed by atoms with Gasteiger partial charge in [0.1, 0.15) is 10.8 Å². The summed E-state index contributed by atoms with van der Waals surface area (Å²) in [6, 6.07) is 14.9. The van der Waals surface area contributed by atoms with Crippen molar-refractivity contribution in [1.82, 2.24) is 24.4 Å². The van der Waals surface area contributed by atoms with Gasteiger partial charge in [-0.1, -0.05) is 47.5 Å². The van der Waals surface area contributed by atoms with Gasteiger partial charge in [-0.15, -0.1) is 0 Å². The topological polar surface area (TPSA) is 63.0 Å². The highest BCUT2D eigenvalue weighted by Crippen LogP contribution is 2.35. The smallest absolute Gasteiger partial charge is 0.433 e. The summed E-state index contributed by atoms with van der Waals surface area (Å²) in [5.41, 5.74) is -0.0773. The molecule has 3 heterocycles. The number of methoxy groups -OCH3 is 1. The van der Waals surface area contributed by atoms with E-state index >= 15 is 0 Å². The number of nitrogens with zero attached hydrogens (tertiary/aromatic N) is 5. The number of ether oxygens (including phenoxy) is 1. The zero-order valence-corrected chi connectivity index (χ0v) is 21.7. The van der Waals surface area contributed by atoms with Crippen molar-refractivity contribution < 1.29 is 22.7 Å². The zero-order chi connectivity index (χ0) is 27.0. The largest absolute Gasteiger partial charge is 0.497 e. The lowest BCUT2D eigenvalue weighted by Crippen LogP contribution is -2.48. The number of piperazine rings is 1. The van der Waals surface area contributed by atoms with Crippen molar-refractivity contribution in [3.05, 3.63) is 81.6 Å². The molecule has 0 bridgehead atoms. The number of hydrogen-bond acceptors (Lipinski definition) is 5. The Bertz CT molecular complexity index is 1480. The van der Waals surface area contributed by atoms with E-state index in [-0.39, 0.29) is 22.1 Å². The van der Waals surface area contributed by atoms with Crippen molar-refractivity contribution in [2.45, 2.75) is 12.7 Å². The molecule has 2 aromatic heterocycles. The fourth-order valence-electron chi connectivity index (χ4n) is 4.37. The lowest BCUT2D eigenvalue weighted by molar-refractivity contribution is -0.142. The summed E-state index contributed by atoms with van der Waals surface area (Å²) < 4.78 is 47.9. The average molecular weight is 564 g/mol. The van der Waals surface area contributed by atoms with Gasteiger partial charge in [0.05, 0.1) is 12.8 Å². The van der Waals surface area contributed by atoms with Crippen molar-refractivity contribution in [3.63, 3.8) is 0 Å². The Morgan fingerprint density at radius 3 is 2.39 bits per heavy atom. The van der Waals surface area contributed by atoms with Gasteiger partial charge in [-0.05, 0) is 35.9 Å². The van der Waals surface area contributed by atoms with Gasteiger partial charge in [0.2, 0.25) is 0 Å². The Morgan fingerprint density at radius 2 is 1.74 bits per heavy atom. The SMILES string of the molecule is COc1cccc(-c2cc(C(F)(F)F)n3nc(C(=O)N4CCN(Cc5ccc(Cl)cc5)CC4)c(Cl)c3n2)c1. The number of amides is 1. The number of alkyl halides is 3. The molecule has 1 amide bonds. The van der Waals surface area contributed by atoms with Gasteiger partial charge in [0.15, 0.2) is 17.0 Å². The fraction of sp³-hybridized carbons (Fsp3) is 0.269. The summed E-state index contributed by atoms with van der Waals surface area (Å²) >= 11 is 12.4. The van der Waals surface area contributed by atoms with Crippen LogP contribution in [0.3, 0.4) is 0 Å². The van der Waals surface area contributed by atoms with Gasteiger partial charge in [-0.3, -0.25) is 9.69 Å². The van der Waals surface area contributed by atoms with Crippen LogP contribution in [0.4, 0.5) is 13.2 Å². The maximum absolute atomic E-state index is 14.0. The van der Waals surface area contributed by atoms with Gasteiger partial charge in [-0.25, -0.2) is 9.50 Å². The predicted octanol–water partition coefficient (Wildman–Crippen LogP) is 5.69. The van der Waals surface area contributed by atoms with Crippen LogP contribution in [0, 0.1) is 0 Å². The normalized spacial score (nSPS) is 14.7. The highest BCUT2D eigenvalue weighted by molar-refractivity contribution is 6.36. The van der Waals surface area contributed by atoms with Gasteiger partial charge in [0, 0.05) is 43.3 Å². The summed E-state index contributed by atoms with van der Waals surface area (Å²) in [4.78, 5) is 21.4. The zero-order valence-electron chi connectivity index (χ0n) is 20.2. The van der Waals surface area contributed by atoms with Crippen LogP contribution in [0.25, 0.3) is 16.9 Å². The van der Waals surface area contributed by atoms with Crippen LogP contribution in [0.1, 0.15) is 21.7 Å². The maximum Gasteiger partial charge on any atom is 0.433 e. The first-order chi connectivity index (χ1) is 18.1. The third kappa shape index (κ3) is 5.29. The number of rotatable bonds is 5. The summed E-state index contributed by atoms with van der Waals surface area (Å²) in [5.74, 6) is -0.0777. The van der Waals surface area contributed by atoms with Crippen LogP contribution in [0.5, 0.6) is 5.75 Å². The first-order valence-electron chi connectivity index (χ1n) is 11.7. The molecule has 0 spiro atoms. The Hall–Kier alpha value is -3.34. The molecule has 38 heavy (non-hydrogen) atoms. The van der Waals surface area contributed by atoms with E-state index < -0.39 is 17.8 Å². The molecule has 1 fully saturated rings. The maximum atomic E-state index is 14.0. The number of halogens is 5. The third-order valence-electron chi connectivity index (χ3n) is 6.37. The van der Waals surface area contributed by atoms with Gasteiger partial charge < -0.3 is 9.64 Å². The van der Waals surface area contributed by atoms with E-state index in [1.165, 1.54) is 7.11 Å². The molecular formula is C26H22Cl2F3N5O2. The molecule has 2 aromatic carbocycles. The molecule has 1 aliphatic heterocycles. The van der Waals surface area contributed by atoms with Crippen molar-refractivity contribution in [1.29, 1.82) is 0 Å². The van der Waals surface area contributed by atoms with Crippen LogP contribution in [0.15, 0.2) is 54.6 Å². The third-order valence-corrected chi connectivity index (χ3v) is 6.97. The van der Waals surface area contributed by atoms with Crippen molar-refractivity contribution in [2.75, 3.05) is 33.3 Å². The second-order valence-electron chi connectivity index (χ2n) is 8.85. The quantitative estimate of drug-likeness (QED) is 0.312. The minimum absolute atomic E-state index is 0.0281. The monoisotopic (exact) mass is 563 g/mol. The molecule has 0 unspecified atom stereocenters. The van der Waals surface area contributed by atoms with Crippen LogP contribution in [0.2, 0.25) is 10.0 Å². The molecule has 198 valence electrons. The standard InChI is InChI=1S/C26H22Cl2F3N5O2/c1-38-19-4-2-3-17(13-19)20-14-21(26(29,30)31)36-24(32-20)22(28)23(33-36)25(37)35-11-9-34(10-12-35)15-16-5-7-18(27)8-6-16/h2-8,13-14H,9-12,15H2,1H3. The second kappa shape index (κ2) is 10.4. The first-order valence-corrected chi connectivity index (χ1v) is 12.5. The molecule has 0 atom stereocenters. The van der Waals surface area contributed by atoms with Crippen molar-refractivity contribution in [3.8, 4) is 17.0 Å². The van der Waals surface area contributed by atoms with Gasteiger partial charge in [0.25, 0.3) is 5.91 Å². The Balaban J connectivity index is 1.42. The van der Waals surface area contributed by atoms with E-state index in [4.69, 9.17) is 27.9 Å². The summed E-state index contributed by atoms with van der Waals surface area (Å²) in [6.45, 7) is 2.63. The number of carbonyl (C=O) groups excluding carboxylic acids is 1. The molecular weight excluding hydrogens is 542 g/mol. The van der Waals surface area contributed by atoms with Crippen molar-refractivity contribution in [2.24, 2.45) is 0 Å². The molecule has 0 N–H and O–H groups in total. The minimum Gasteiger partial charge on any atom is -0.497 e. The molecule has 5 rings (SSSR count). The van der Waals surface area contributed by atoms with Crippen LogP contribution < -0.4 is 4.74 Å². The first kappa shape index (κ1) is 26.3. The second-order valence-corrected chi connectivity index (χ2v) is 9.66. The lowest BCUT2D eigenvalue weighted by atomic mass is 10.1. The number of hydrogen-bond donors (Lipinski definition) is 0. The molecule has 0 radical (unpaired) electrons. The number of aromatic nitrogens is 3. The highest BCUT2D eigenvalue weighted by Gasteiger charge is 2.37. The van der Waals surface area contributed by atoms with Crippen LogP contribution >= 0.6 is 23.2 Å². The van der Waals surface area contributed by atoms with Crippen molar-refractivity contribution >= 4 is 34.8 Å². The number of fused-ring (bicyclic) bond motifs is 1. The van der Waals surface area contributed by atoms with Crippen LogP contribution in [-0.2, 0) is 12.7 Å². The molecule has 4 aromatic rings. The predicted molar refractivity (Wildman–Crippen MR) is 138 cm³/mol. The van der Waals surface area contributed by atoms with Gasteiger partial charge in [-0.2, -0.15) is 18.3 Å². The van der Waals surface area contributed by atoms with Crippen LogP contribution in [-0.4, -0.2) is 63.6 Å². The fourth-order valence-corrected chi connectivity index (χ4v) is 4.73. The Labute approximate surface area is 226 Å². The Kier molecular flexibility index (Phi) is 7.21. The summed E-state index contributed by atoms with van der Waals surface area (Å²) in [7, 11) is 1.46. The van der Waals surface area contributed by atoms with E-state index in [0.717, 1.165) is 11.6 Å². The number of benzene rings is 2. The van der Waals surface area contributed by atoms with E-state index in [1.54, 1.807) is 29.2 Å². The molecule has 0 saturated carbocycles. The summed E-state index contributed by atoms with van der Waals surface area (Å²) in [6.07, 6.45) is -4.77. The molecule has 1 aliphatic rings. The molecule has 0 aliphatic carbocycles. The lowest BCUT2D eigenvalue weighted by Gasteiger charge is -2.34. The van der Waals surface area contributed by atoms with E-state index in [2.05, 4.69) is 15.0 Å². The van der Waals surface area contributed by atoms with E-state index in [0.29, 0.717) is 53.6 Å². The molecule has 12 heteroatoms.